The fraction of sp³-hybridized carbons (Fsp3) is 0.500. The van der Waals surface area contributed by atoms with Gasteiger partial charge in [0.05, 0.1) is 5.75 Å². The first kappa shape index (κ1) is 17.9. The van der Waals surface area contributed by atoms with Gasteiger partial charge in [0.1, 0.15) is 5.69 Å². The van der Waals surface area contributed by atoms with Gasteiger partial charge in [-0.05, 0) is 38.5 Å². The van der Waals surface area contributed by atoms with Gasteiger partial charge in [0.25, 0.3) is 0 Å². The highest BCUT2D eigenvalue weighted by molar-refractivity contribution is 7.89. The molecule has 0 unspecified atom stereocenters. The van der Waals surface area contributed by atoms with Gasteiger partial charge in [0.2, 0.25) is 15.9 Å². The smallest absolute Gasteiger partial charge is 0.225 e. The molecule has 25 heavy (non-hydrogen) atoms. The molecular formula is C18H25N3O3S. The molecule has 1 aliphatic rings. The van der Waals surface area contributed by atoms with Gasteiger partial charge < -0.3 is 9.84 Å². The molecule has 1 aromatic heterocycles. The van der Waals surface area contributed by atoms with E-state index in [0.29, 0.717) is 11.8 Å². The Hall–Kier alpha value is -1.86. The Labute approximate surface area is 149 Å². The van der Waals surface area contributed by atoms with E-state index < -0.39 is 10.0 Å². The number of rotatable bonds is 7. The molecule has 1 heterocycles. The lowest BCUT2D eigenvalue weighted by molar-refractivity contribution is 0.321. The van der Waals surface area contributed by atoms with Gasteiger partial charge in [-0.25, -0.2) is 13.1 Å². The van der Waals surface area contributed by atoms with E-state index in [1.807, 2.05) is 36.4 Å². The summed E-state index contributed by atoms with van der Waals surface area (Å²) in [5, 5.41) is 7.41. The highest BCUT2D eigenvalue weighted by atomic mass is 32.2. The van der Waals surface area contributed by atoms with E-state index in [2.05, 4.69) is 15.2 Å². The van der Waals surface area contributed by atoms with Crippen molar-refractivity contribution in [3.05, 3.63) is 36.4 Å². The topological polar surface area (TPSA) is 84.2 Å². The van der Waals surface area contributed by atoms with Crippen LogP contribution in [0.1, 0.15) is 32.6 Å². The Kier molecular flexibility index (Phi) is 5.75. The molecule has 0 atom stereocenters. The minimum absolute atomic E-state index is 0.0798. The predicted octanol–water partition coefficient (Wildman–Crippen LogP) is 3.25. The fourth-order valence-electron chi connectivity index (χ4n) is 3.17. The molecule has 0 spiro atoms. The number of anilines is 1. The van der Waals surface area contributed by atoms with Crippen molar-refractivity contribution in [3.8, 4) is 11.3 Å². The molecule has 3 rings (SSSR count). The normalized spacial score (nSPS) is 21.2. The van der Waals surface area contributed by atoms with Gasteiger partial charge in [0.15, 0.2) is 0 Å². The molecule has 1 aromatic carbocycles. The lowest BCUT2D eigenvalue weighted by atomic mass is 9.86. The zero-order valence-electron chi connectivity index (χ0n) is 14.4. The molecule has 2 aromatic rings. The molecule has 1 aliphatic carbocycles. The molecular weight excluding hydrogens is 338 g/mol. The van der Waals surface area contributed by atoms with Crippen LogP contribution < -0.4 is 10.0 Å². The number of benzene rings is 1. The second-order valence-corrected chi connectivity index (χ2v) is 8.60. The Bertz CT molecular complexity index is 766. The lowest BCUT2D eigenvalue weighted by Gasteiger charge is -2.28. The monoisotopic (exact) mass is 363 g/mol. The minimum Gasteiger partial charge on any atom is -0.354 e. The largest absolute Gasteiger partial charge is 0.354 e. The average Bonchev–Trinajstić information content (AvgIpc) is 3.11. The first-order valence-corrected chi connectivity index (χ1v) is 10.5. The van der Waals surface area contributed by atoms with Crippen LogP contribution in [0.25, 0.3) is 11.3 Å². The summed E-state index contributed by atoms with van der Waals surface area (Å²) in [5.74, 6) is 1.34. The summed E-state index contributed by atoms with van der Waals surface area (Å²) in [4.78, 5) is 0. The van der Waals surface area contributed by atoms with Crippen LogP contribution in [-0.4, -0.2) is 31.9 Å². The summed E-state index contributed by atoms with van der Waals surface area (Å²) in [5.41, 5.74) is 1.85. The quantitative estimate of drug-likeness (QED) is 0.789. The first-order valence-electron chi connectivity index (χ1n) is 8.82. The van der Waals surface area contributed by atoms with Crippen LogP contribution in [0.2, 0.25) is 0 Å². The summed E-state index contributed by atoms with van der Waals surface area (Å²) < 4.78 is 31.4. The Morgan fingerprint density at radius 3 is 2.56 bits per heavy atom. The average molecular weight is 363 g/mol. The van der Waals surface area contributed by atoms with E-state index in [0.717, 1.165) is 43.5 Å². The number of nitrogens with one attached hydrogen (secondary N) is 2. The number of hydrogen-bond donors (Lipinski definition) is 2. The fourth-order valence-corrected chi connectivity index (χ4v) is 4.08. The Morgan fingerprint density at radius 1 is 1.16 bits per heavy atom. The molecule has 0 amide bonds. The maximum absolute atomic E-state index is 11.6. The Balaban J connectivity index is 1.45. The van der Waals surface area contributed by atoms with Gasteiger partial charge in [-0.15, -0.1) is 0 Å². The van der Waals surface area contributed by atoms with Gasteiger partial charge in [-0.3, -0.25) is 0 Å². The van der Waals surface area contributed by atoms with Crippen molar-refractivity contribution in [1.29, 1.82) is 0 Å². The van der Waals surface area contributed by atoms with E-state index in [4.69, 9.17) is 4.52 Å². The van der Waals surface area contributed by atoms with Crippen LogP contribution in [0, 0.1) is 5.92 Å². The van der Waals surface area contributed by atoms with Crippen molar-refractivity contribution in [2.75, 3.05) is 17.6 Å². The summed E-state index contributed by atoms with van der Waals surface area (Å²) in [7, 11) is -3.10. The maximum atomic E-state index is 11.6. The lowest BCUT2D eigenvalue weighted by Crippen LogP contribution is -2.39. The van der Waals surface area contributed by atoms with E-state index in [1.54, 1.807) is 6.92 Å². The summed E-state index contributed by atoms with van der Waals surface area (Å²) in [6.45, 7) is 2.48. The van der Waals surface area contributed by atoms with Gasteiger partial charge >= 0.3 is 0 Å². The summed E-state index contributed by atoms with van der Waals surface area (Å²) in [6, 6.07) is 11.9. The number of aromatic nitrogens is 1. The number of nitrogens with zero attached hydrogens (tertiary/aromatic N) is 1. The highest BCUT2D eigenvalue weighted by Crippen LogP contribution is 2.26. The molecule has 6 nitrogen and oxygen atoms in total. The highest BCUT2D eigenvalue weighted by Gasteiger charge is 2.24. The second kappa shape index (κ2) is 8.01. The van der Waals surface area contributed by atoms with Crippen molar-refractivity contribution >= 4 is 15.9 Å². The SMILES string of the molecule is CCS(=O)(=O)NC1CCC(CNc2cc(-c3ccccc3)no2)CC1. The molecule has 0 bridgehead atoms. The molecule has 2 N–H and O–H groups in total. The third-order valence-corrected chi connectivity index (χ3v) is 6.17. The van der Waals surface area contributed by atoms with Gasteiger partial charge in [0, 0.05) is 24.2 Å². The van der Waals surface area contributed by atoms with Gasteiger partial charge in [-0.2, -0.15) is 0 Å². The molecule has 0 saturated heterocycles. The Morgan fingerprint density at radius 2 is 1.88 bits per heavy atom. The minimum atomic E-state index is -3.10. The molecule has 1 fully saturated rings. The zero-order valence-corrected chi connectivity index (χ0v) is 15.3. The molecule has 0 aliphatic heterocycles. The second-order valence-electron chi connectivity index (χ2n) is 6.56. The van der Waals surface area contributed by atoms with Crippen molar-refractivity contribution in [2.45, 2.75) is 38.6 Å². The molecule has 1 saturated carbocycles. The van der Waals surface area contributed by atoms with E-state index in [1.165, 1.54) is 0 Å². The van der Waals surface area contributed by atoms with Crippen molar-refractivity contribution in [1.82, 2.24) is 9.88 Å². The third kappa shape index (κ3) is 5.06. The summed E-state index contributed by atoms with van der Waals surface area (Å²) in [6.07, 6.45) is 3.78. The third-order valence-electron chi connectivity index (χ3n) is 4.72. The molecule has 136 valence electrons. The number of hydrogen-bond acceptors (Lipinski definition) is 5. The molecule has 0 radical (unpaired) electrons. The number of sulfonamides is 1. The molecule has 7 heteroatoms. The van der Waals surface area contributed by atoms with Crippen LogP contribution in [-0.2, 0) is 10.0 Å². The first-order chi connectivity index (χ1) is 12.1. The van der Waals surface area contributed by atoms with E-state index in [-0.39, 0.29) is 11.8 Å². The van der Waals surface area contributed by atoms with E-state index >= 15 is 0 Å². The standard InChI is InChI=1S/C18H25N3O3S/c1-2-25(22,23)21-16-10-8-14(9-11-16)13-19-18-12-17(20-24-18)15-6-4-3-5-7-15/h3-7,12,14,16,19,21H,2,8-11,13H2,1H3. The van der Waals surface area contributed by atoms with Crippen LogP contribution in [0.15, 0.2) is 40.9 Å². The zero-order chi connectivity index (χ0) is 17.7. The van der Waals surface area contributed by atoms with Crippen LogP contribution >= 0.6 is 0 Å². The predicted molar refractivity (Wildman–Crippen MR) is 98.8 cm³/mol. The van der Waals surface area contributed by atoms with Crippen LogP contribution in [0.3, 0.4) is 0 Å². The maximum Gasteiger partial charge on any atom is 0.225 e. The van der Waals surface area contributed by atoms with Crippen molar-refractivity contribution < 1.29 is 12.9 Å². The van der Waals surface area contributed by atoms with Crippen LogP contribution in [0.4, 0.5) is 5.88 Å². The van der Waals surface area contributed by atoms with E-state index in [9.17, 15) is 8.42 Å². The summed E-state index contributed by atoms with van der Waals surface area (Å²) >= 11 is 0. The van der Waals surface area contributed by atoms with Crippen molar-refractivity contribution in [3.63, 3.8) is 0 Å². The van der Waals surface area contributed by atoms with Crippen molar-refractivity contribution in [2.24, 2.45) is 5.92 Å². The van der Waals surface area contributed by atoms with Crippen LogP contribution in [0.5, 0.6) is 0 Å². The van der Waals surface area contributed by atoms with Gasteiger partial charge in [-0.1, -0.05) is 35.5 Å².